The average molecular weight is 477 g/mol. The summed E-state index contributed by atoms with van der Waals surface area (Å²) in [6.07, 6.45) is 1.64. The second kappa shape index (κ2) is 8.61. The molecule has 1 saturated heterocycles. The Balaban J connectivity index is 1.29. The van der Waals surface area contributed by atoms with E-state index in [4.69, 9.17) is 14.5 Å². The highest BCUT2D eigenvalue weighted by Crippen LogP contribution is 2.39. The lowest BCUT2D eigenvalue weighted by Crippen LogP contribution is -2.55. The van der Waals surface area contributed by atoms with Crippen LogP contribution in [-0.2, 0) is 9.53 Å². The quantitative estimate of drug-likeness (QED) is 0.663. The molecule has 2 aliphatic heterocycles. The van der Waals surface area contributed by atoms with E-state index in [1.54, 1.807) is 4.90 Å². The summed E-state index contributed by atoms with van der Waals surface area (Å²) < 4.78 is 51.0. The van der Waals surface area contributed by atoms with Crippen LogP contribution in [0.1, 0.15) is 31.9 Å². The minimum atomic E-state index is -1.51. The maximum absolute atomic E-state index is 13.4. The van der Waals surface area contributed by atoms with Crippen LogP contribution < -0.4 is 19.9 Å². The van der Waals surface area contributed by atoms with Gasteiger partial charge in [0.1, 0.15) is 23.6 Å². The Bertz CT molecular complexity index is 1100. The van der Waals surface area contributed by atoms with Crippen LogP contribution in [0.3, 0.4) is 0 Å². The zero-order valence-electron chi connectivity index (χ0n) is 19.1. The molecule has 1 amide bonds. The van der Waals surface area contributed by atoms with E-state index in [0.717, 1.165) is 18.6 Å². The van der Waals surface area contributed by atoms with Crippen molar-refractivity contribution in [3.63, 3.8) is 0 Å². The van der Waals surface area contributed by atoms with Gasteiger partial charge in [0.05, 0.1) is 18.3 Å². The molecule has 5 rings (SSSR count). The molecule has 2 fully saturated rings. The first-order chi connectivity index (χ1) is 16.2. The van der Waals surface area contributed by atoms with Crippen LogP contribution in [-0.4, -0.2) is 60.4 Å². The molecular formula is C23H26F3N5O3. The van der Waals surface area contributed by atoms with Gasteiger partial charge < -0.3 is 24.6 Å². The predicted octanol–water partition coefficient (Wildman–Crippen LogP) is 3.18. The highest BCUT2D eigenvalue weighted by molar-refractivity contribution is 6.05. The van der Waals surface area contributed by atoms with Gasteiger partial charge in [-0.15, -0.1) is 0 Å². The van der Waals surface area contributed by atoms with Crippen molar-refractivity contribution < 1.29 is 27.4 Å². The van der Waals surface area contributed by atoms with Crippen LogP contribution in [0.15, 0.2) is 12.1 Å². The fourth-order valence-corrected chi connectivity index (χ4v) is 4.65. The third-order valence-corrected chi connectivity index (χ3v) is 6.75. The van der Waals surface area contributed by atoms with E-state index in [0.29, 0.717) is 49.2 Å². The summed E-state index contributed by atoms with van der Waals surface area (Å²) in [5.41, 5.74) is 1.40. The first-order valence-corrected chi connectivity index (χ1v) is 11.3. The highest BCUT2D eigenvalue weighted by atomic mass is 19.2. The smallest absolute Gasteiger partial charge is 0.249 e. The van der Waals surface area contributed by atoms with Gasteiger partial charge in [-0.25, -0.2) is 18.2 Å². The summed E-state index contributed by atoms with van der Waals surface area (Å²) in [5.74, 6) is -3.00. The summed E-state index contributed by atoms with van der Waals surface area (Å²) in [6, 6.07) is 1.29. The molecule has 1 aromatic carbocycles. The normalized spacial score (nSPS) is 26.4. The SMILES string of the molecule is Cc1nc(NC2CC(Oc3cc(F)c(F)c(F)c3)C2)nc2c1N(C1CCOC1)C(=O)[C@H](C)N2C. The molecule has 1 aliphatic carbocycles. The number of carbonyl (C=O) groups excluding carboxylic acids is 1. The number of aromatic nitrogens is 2. The number of nitrogens with one attached hydrogen (secondary N) is 1. The first-order valence-electron chi connectivity index (χ1n) is 11.3. The molecule has 1 unspecified atom stereocenters. The van der Waals surface area contributed by atoms with Gasteiger partial charge in [0.25, 0.3) is 0 Å². The number of fused-ring (bicyclic) bond motifs is 1. The molecule has 3 aliphatic rings. The molecule has 0 radical (unpaired) electrons. The second-order valence-corrected chi connectivity index (χ2v) is 9.07. The lowest BCUT2D eigenvalue weighted by atomic mass is 9.89. The van der Waals surface area contributed by atoms with Gasteiger partial charge in [-0.05, 0) is 20.3 Å². The Morgan fingerprint density at radius 2 is 1.88 bits per heavy atom. The molecule has 0 bridgehead atoms. The number of benzene rings is 1. The average Bonchev–Trinajstić information content (AvgIpc) is 3.29. The fourth-order valence-electron chi connectivity index (χ4n) is 4.65. The topological polar surface area (TPSA) is 79.8 Å². The van der Waals surface area contributed by atoms with Crippen molar-refractivity contribution in [3.05, 3.63) is 35.3 Å². The highest BCUT2D eigenvalue weighted by Gasteiger charge is 2.41. The molecule has 182 valence electrons. The van der Waals surface area contributed by atoms with Gasteiger partial charge in [-0.1, -0.05) is 0 Å². The Kier molecular flexibility index (Phi) is 5.75. The van der Waals surface area contributed by atoms with Crippen LogP contribution in [0.25, 0.3) is 0 Å². The molecule has 3 heterocycles. The van der Waals surface area contributed by atoms with Crippen molar-refractivity contribution in [2.24, 2.45) is 0 Å². The molecule has 1 N–H and O–H groups in total. The summed E-state index contributed by atoms with van der Waals surface area (Å²) in [5, 5.41) is 3.28. The molecule has 0 spiro atoms. The molecule has 2 aromatic rings. The standard InChI is InChI=1S/C23H26F3N5O3/c1-11-20-21(30(3)12(2)22(32)31(20)14-4-5-33-10-14)29-23(27-11)28-13-6-15(7-13)34-16-8-17(24)19(26)18(25)9-16/h8-9,12-15H,4-7,10H2,1-3H3,(H,27,28,29)/t12-,13?,14?,15?/m0/s1. The number of nitrogens with zero attached hydrogens (tertiary/aromatic N) is 4. The van der Waals surface area contributed by atoms with Gasteiger partial charge in [0.15, 0.2) is 23.3 Å². The van der Waals surface area contributed by atoms with Crippen LogP contribution in [0.5, 0.6) is 5.75 Å². The molecule has 1 aromatic heterocycles. The number of rotatable bonds is 5. The Morgan fingerprint density at radius 1 is 1.18 bits per heavy atom. The zero-order valence-corrected chi connectivity index (χ0v) is 19.1. The van der Waals surface area contributed by atoms with Crippen LogP contribution >= 0.6 is 0 Å². The number of halogens is 3. The van der Waals surface area contributed by atoms with Crippen molar-refractivity contribution in [1.29, 1.82) is 0 Å². The van der Waals surface area contributed by atoms with Crippen LogP contribution in [0, 0.1) is 24.4 Å². The third-order valence-electron chi connectivity index (χ3n) is 6.75. The second-order valence-electron chi connectivity index (χ2n) is 9.07. The zero-order chi connectivity index (χ0) is 24.1. The monoisotopic (exact) mass is 477 g/mol. The van der Waals surface area contributed by atoms with E-state index in [1.807, 2.05) is 25.8 Å². The minimum absolute atomic E-state index is 0.00452. The van der Waals surface area contributed by atoms with Crippen molar-refractivity contribution in [1.82, 2.24) is 9.97 Å². The van der Waals surface area contributed by atoms with Gasteiger partial charge in [-0.2, -0.15) is 4.98 Å². The number of hydrogen-bond acceptors (Lipinski definition) is 7. The van der Waals surface area contributed by atoms with Gasteiger partial charge >= 0.3 is 0 Å². The van der Waals surface area contributed by atoms with Crippen molar-refractivity contribution in [2.75, 3.05) is 35.4 Å². The molecule has 34 heavy (non-hydrogen) atoms. The number of amides is 1. The van der Waals surface area contributed by atoms with E-state index >= 15 is 0 Å². The number of ether oxygens (including phenoxy) is 2. The molecular weight excluding hydrogens is 451 g/mol. The lowest BCUT2D eigenvalue weighted by Gasteiger charge is -2.42. The Labute approximate surface area is 195 Å². The molecule has 1 saturated carbocycles. The number of likely N-dealkylation sites (N-methyl/N-ethyl adjacent to an activating group) is 1. The van der Waals surface area contributed by atoms with E-state index in [9.17, 15) is 18.0 Å². The lowest BCUT2D eigenvalue weighted by molar-refractivity contribution is -0.120. The third kappa shape index (κ3) is 3.91. The Hall–Kier alpha value is -3.08. The minimum Gasteiger partial charge on any atom is -0.490 e. The van der Waals surface area contributed by atoms with Crippen LogP contribution in [0.4, 0.5) is 30.6 Å². The summed E-state index contributed by atoms with van der Waals surface area (Å²) in [6.45, 7) is 4.82. The molecule has 11 heteroatoms. The van der Waals surface area contributed by atoms with Crippen molar-refractivity contribution in [3.8, 4) is 5.75 Å². The van der Waals surface area contributed by atoms with E-state index in [1.165, 1.54) is 0 Å². The number of hydrogen-bond donors (Lipinski definition) is 1. The fraction of sp³-hybridized carbons (Fsp3) is 0.522. The van der Waals surface area contributed by atoms with Gasteiger partial charge in [-0.3, -0.25) is 4.79 Å². The van der Waals surface area contributed by atoms with E-state index < -0.39 is 17.5 Å². The summed E-state index contributed by atoms with van der Waals surface area (Å²) in [7, 11) is 1.84. The maximum Gasteiger partial charge on any atom is 0.249 e. The first kappa shape index (κ1) is 22.7. The predicted molar refractivity (Wildman–Crippen MR) is 119 cm³/mol. The molecule has 2 atom stereocenters. The Morgan fingerprint density at radius 3 is 2.53 bits per heavy atom. The maximum atomic E-state index is 13.4. The van der Waals surface area contributed by atoms with Crippen LogP contribution in [0.2, 0.25) is 0 Å². The van der Waals surface area contributed by atoms with Gasteiger partial charge in [0, 0.05) is 44.7 Å². The van der Waals surface area contributed by atoms with Gasteiger partial charge in [0.2, 0.25) is 11.9 Å². The van der Waals surface area contributed by atoms with Crippen molar-refractivity contribution >= 4 is 23.4 Å². The van der Waals surface area contributed by atoms with E-state index in [2.05, 4.69) is 10.3 Å². The van der Waals surface area contributed by atoms with Crippen molar-refractivity contribution in [2.45, 2.75) is 57.3 Å². The largest absolute Gasteiger partial charge is 0.490 e. The number of anilines is 3. The number of carbonyl (C=O) groups is 1. The van der Waals surface area contributed by atoms with E-state index in [-0.39, 0.29) is 35.9 Å². The summed E-state index contributed by atoms with van der Waals surface area (Å²) in [4.78, 5) is 26.0. The summed E-state index contributed by atoms with van der Waals surface area (Å²) >= 11 is 0. The number of aryl methyl sites for hydroxylation is 1. The molecule has 8 nitrogen and oxygen atoms in total.